The van der Waals surface area contributed by atoms with Crippen molar-refractivity contribution in [1.82, 2.24) is 0 Å². The van der Waals surface area contributed by atoms with Crippen molar-refractivity contribution in [3.63, 3.8) is 0 Å². The van der Waals surface area contributed by atoms with Crippen LogP contribution in [0.2, 0.25) is 0 Å². The van der Waals surface area contributed by atoms with Crippen LogP contribution in [0.4, 0.5) is 0 Å². The second-order valence-corrected chi connectivity index (χ2v) is 0.757. The van der Waals surface area contributed by atoms with Gasteiger partial charge in [-0.1, -0.05) is 0 Å². The fourth-order valence-corrected chi connectivity index (χ4v) is 0. The van der Waals surface area contributed by atoms with Crippen molar-refractivity contribution in [3.05, 3.63) is 0 Å². The molecular weight excluding hydrogens is 196 g/mol. The molecule has 32 valence electrons. The van der Waals surface area contributed by atoms with Gasteiger partial charge in [0.05, 0.1) is 0 Å². The average molecular weight is 202 g/mol. The Bertz CT molecular complexity index is 34.6. The Hall–Kier alpha value is 0.508. The summed E-state index contributed by atoms with van der Waals surface area (Å²) in [4.78, 5) is 0. The first-order valence-corrected chi connectivity index (χ1v) is 1.12. The van der Waals surface area contributed by atoms with Gasteiger partial charge in [-0.3, -0.25) is 0 Å². The fourth-order valence-electron chi connectivity index (χ4n) is 0. The summed E-state index contributed by atoms with van der Waals surface area (Å²) in [7, 11) is 0. The molecule has 0 saturated heterocycles. The van der Waals surface area contributed by atoms with E-state index in [1.165, 1.54) is 0 Å². The Morgan fingerprint density at radius 3 is 1.80 bits per heavy atom. The van der Waals surface area contributed by atoms with Gasteiger partial charge in [0.1, 0.15) is 0 Å². The molecule has 0 bridgehead atoms. The van der Waals surface area contributed by atoms with Crippen LogP contribution in [-0.2, 0) is 0 Å². The Morgan fingerprint density at radius 1 is 1.80 bits per heavy atom. The molecule has 3 N–H and O–H groups in total. The van der Waals surface area contributed by atoms with Gasteiger partial charge < -0.3 is 10.8 Å². The molecule has 0 rings (SSSR count). The van der Waals surface area contributed by atoms with E-state index in [1.807, 2.05) is 0 Å². The third kappa shape index (κ3) is 110. The molecule has 4 heteroatoms. The van der Waals surface area contributed by atoms with E-state index in [1.54, 1.807) is 0 Å². The number of rotatable bonds is 0. The van der Waals surface area contributed by atoms with E-state index in [0.29, 0.717) is 0 Å². The van der Waals surface area contributed by atoms with Crippen LogP contribution in [0.1, 0.15) is 0 Å². The van der Waals surface area contributed by atoms with Gasteiger partial charge in [0.2, 0.25) is 0 Å². The number of thiocarbonyl (C=S) groups is 1. The molecule has 0 heterocycles. The van der Waals surface area contributed by atoms with Gasteiger partial charge in [-0.25, -0.2) is 0 Å². The molecule has 0 aromatic heterocycles. The van der Waals surface area contributed by atoms with E-state index in [9.17, 15) is 0 Å². The van der Waals surface area contributed by atoms with E-state index >= 15 is 0 Å². The number of hydrogen-bond acceptors (Lipinski definition) is 1. The van der Waals surface area contributed by atoms with Crippen molar-refractivity contribution in [2.75, 3.05) is 0 Å². The normalized spacial score (nSPS) is 4.80. The van der Waals surface area contributed by atoms with E-state index in [2.05, 4.69) is 18.0 Å². The minimum atomic E-state index is -0.500. The zero-order valence-electron chi connectivity index (χ0n) is 2.64. The van der Waals surface area contributed by atoms with Crippen LogP contribution in [0.15, 0.2) is 0 Å². The van der Waals surface area contributed by atoms with Gasteiger partial charge in [-0.2, -0.15) is 0 Å². The molecule has 2 nitrogen and oxygen atoms in total. The van der Waals surface area contributed by atoms with E-state index < -0.39 is 5.17 Å². The first-order valence-electron chi connectivity index (χ1n) is 0.716. The fraction of sp³-hybridized carbons (Fsp3) is 0. The van der Waals surface area contributed by atoms with Crippen molar-refractivity contribution in [3.8, 4) is 0 Å². The van der Waals surface area contributed by atoms with Crippen molar-refractivity contribution in [1.29, 1.82) is 0 Å². The Morgan fingerprint density at radius 2 is 1.80 bits per heavy atom. The Balaban J connectivity index is 0. The summed E-state index contributed by atoms with van der Waals surface area (Å²) >= 11 is 3.87. The molecule has 0 aliphatic rings. The summed E-state index contributed by atoms with van der Waals surface area (Å²) in [6, 6.07) is 0. The molecule has 0 unspecified atom stereocenters. The quantitative estimate of drug-likeness (QED) is 0.375. The third-order valence-corrected chi connectivity index (χ3v) is 0. The van der Waals surface area contributed by atoms with Crippen LogP contribution >= 0.6 is 12.2 Å². The molecular formula is CH6NOSSb. The summed E-state index contributed by atoms with van der Waals surface area (Å²) in [6.07, 6.45) is 0. The zero-order chi connectivity index (χ0) is 3.58. The Kier molecular flexibility index (Phi) is 8.20. The molecule has 0 radical (unpaired) electrons. The number of aliphatic hydroxyl groups is 1. The summed E-state index contributed by atoms with van der Waals surface area (Å²) in [5.74, 6) is 0. The second kappa shape index (κ2) is 4.51. The maximum atomic E-state index is 7.56. The zero-order valence-corrected chi connectivity index (χ0v) is 7.49. The second-order valence-electron chi connectivity index (χ2n) is 0.338. The number of hydrogen-bond donors (Lipinski definition) is 2. The van der Waals surface area contributed by atoms with Gasteiger partial charge in [0.25, 0.3) is 5.17 Å². The topological polar surface area (TPSA) is 46.2 Å². The minimum absolute atomic E-state index is 0. The molecule has 0 atom stereocenters. The summed E-state index contributed by atoms with van der Waals surface area (Å²) < 4.78 is 0. The SMILES string of the molecule is NC(O)=S.[SbH3]. The molecule has 5 heavy (non-hydrogen) atoms. The van der Waals surface area contributed by atoms with E-state index in [0.717, 1.165) is 0 Å². The van der Waals surface area contributed by atoms with Crippen LogP contribution in [0.3, 0.4) is 0 Å². The predicted molar refractivity (Wildman–Crippen MR) is 29.4 cm³/mol. The number of aliphatic hydroxyl groups excluding tert-OH is 1. The van der Waals surface area contributed by atoms with Gasteiger partial charge in [0, 0.05) is 0 Å². The van der Waals surface area contributed by atoms with Crippen LogP contribution in [0, 0.1) is 0 Å². The monoisotopic (exact) mass is 201 g/mol. The molecule has 0 spiro atoms. The first kappa shape index (κ1) is 9.10. The van der Waals surface area contributed by atoms with Crippen LogP contribution < -0.4 is 5.73 Å². The molecule has 0 aromatic carbocycles. The molecule has 0 fully saturated rings. The van der Waals surface area contributed by atoms with Gasteiger partial charge in [0.15, 0.2) is 0 Å². The molecule has 0 aromatic rings. The van der Waals surface area contributed by atoms with Crippen molar-refractivity contribution < 1.29 is 5.11 Å². The van der Waals surface area contributed by atoms with Gasteiger partial charge in [-0.05, 0) is 12.2 Å². The molecule has 0 aliphatic carbocycles. The van der Waals surface area contributed by atoms with Crippen LogP contribution in [-0.4, -0.2) is 34.7 Å². The first-order chi connectivity index (χ1) is 1.73. The third-order valence-electron chi connectivity index (χ3n) is 0. The standard InChI is InChI=1S/CH3NOS.Sb.3H/c2-1(3)4;;;;/h(H3,2,3,4);;;;. The maximum absolute atomic E-state index is 7.56. The summed E-state index contributed by atoms with van der Waals surface area (Å²) in [5.41, 5.74) is 4.40. The number of nitrogens with two attached hydrogens (primary N) is 1. The van der Waals surface area contributed by atoms with Crippen molar-refractivity contribution >= 4 is 41.8 Å². The Labute approximate surface area is 52.8 Å². The van der Waals surface area contributed by atoms with Crippen molar-refractivity contribution in [2.24, 2.45) is 5.73 Å². The van der Waals surface area contributed by atoms with E-state index in [-0.39, 0.29) is 24.4 Å². The van der Waals surface area contributed by atoms with Crippen LogP contribution in [0.25, 0.3) is 0 Å². The van der Waals surface area contributed by atoms with Gasteiger partial charge >= 0.3 is 24.4 Å². The van der Waals surface area contributed by atoms with Crippen molar-refractivity contribution in [2.45, 2.75) is 0 Å². The molecule has 0 amide bonds. The van der Waals surface area contributed by atoms with Crippen LogP contribution in [0.5, 0.6) is 0 Å². The molecule has 0 saturated carbocycles. The van der Waals surface area contributed by atoms with E-state index in [4.69, 9.17) is 5.11 Å². The molecule has 0 aliphatic heterocycles. The van der Waals surface area contributed by atoms with Gasteiger partial charge in [-0.15, -0.1) is 0 Å². The summed E-state index contributed by atoms with van der Waals surface area (Å²) in [5, 5.41) is 7.06. The predicted octanol–water partition coefficient (Wildman–Crippen LogP) is -1.40. The average Bonchev–Trinajstić information content (AvgIpc) is 0.811. The summed E-state index contributed by atoms with van der Waals surface area (Å²) in [6.45, 7) is 0.